The van der Waals surface area contributed by atoms with E-state index in [-0.39, 0.29) is 11.3 Å². The maximum atomic E-state index is 11.3. The van der Waals surface area contributed by atoms with Gasteiger partial charge in [0.2, 0.25) is 10.0 Å². The Hall–Kier alpha value is -0.0900. The number of rotatable bonds is 5. The summed E-state index contributed by atoms with van der Waals surface area (Å²) in [6, 6.07) is 0. The number of sulfonamides is 1. The van der Waals surface area contributed by atoms with Crippen LogP contribution in [0.3, 0.4) is 0 Å². The minimum Gasteiger partial charge on any atom is -0.228 e. The van der Waals surface area contributed by atoms with E-state index in [9.17, 15) is 8.42 Å². The van der Waals surface area contributed by atoms with Crippen molar-refractivity contribution in [3.63, 3.8) is 0 Å². The highest BCUT2D eigenvalue weighted by atomic mass is 32.2. The summed E-state index contributed by atoms with van der Waals surface area (Å²) in [5.74, 6) is 0.0795. The summed E-state index contributed by atoms with van der Waals surface area (Å²) in [6.07, 6.45) is 1.60. The van der Waals surface area contributed by atoms with E-state index in [2.05, 4.69) is 20.8 Å². The lowest BCUT2D eigenvalue weighted by Gasteiger charge is -2.29. The quantitative estimate of drug-likeness (QED) is 0.773. The summed E-state index contributed by atoms with van der Waals surface area (Å²) < 4.78 is 22.7. The van der Waals surface area contributed by atoms with Gasteiger partial charge in [-0.1, -0.05) is 41.0 Å². The van der Waals surface area contributed by atoms with Crippen LogP contribution < -0.4 is 5.14 Å². The highest BCUT2D eigenvalue weighted by Crippen LogP contribution is 2.30. The Morgan fingerprint density at radius 3 is 1.93 bits per heavy atom. The van der Waals surface area contributed by atoms with Crippen molar-refractivity contribution in [2.75, 3.05) is 0 Å². The van der Waals surface area contributed by atoms with E-state index in [4.69, 9.17) is 5.14 Å². The first-order chi connectivity index (χ1) is 6.10. The third kappa shape index (κ3) is 4.42. The van der Waals surface area contributed by atoms with E-state index in [1.165, 1.54) is 0 Å². The van der Waals surface area contributed by atoms with Crippen molar-refractivity contribution in [3.05, 3.63) is 0 Å². The second kappa shape index (κ2) is 4.62. The fourth-order valence-corrected chi connectivity index (χ4v) is 2.86. The zero-order chi connectivity index (χ0) is 11.6. The van der Waals surface area contributed by atoms with Gasteiger partial charge in [0.05, 0.1) is 5.25 Å². The molecule has 0 heterocycles. The molecule has 0 saturated heterocycles. The van der Waals surface area contributed by atoms with E-state index < -0.39 is 15.3 Å². The van der Waals surface area contributed by atoms with Gasteiger partial charge in [-0.25, -0.2) is 13.6 Å². The molecule has 0 saturated carbocycles. The number of nitrogens with two attached hydrogens (primary N) is 1. The zero-order valence-electron chi connectivity index (χ0n) is 9.87. The van der Waals surface area contributed by atoms with Crippen LogP contribution >= 0.6 is 0 Å². The predicted molar refractivity (Wildman–Crippen MR) is 60.4 cm³/mol. The first kappa shape index (κ1) is 13.9. The lowest BCUT2D eigenvalue weighted by molar-refractivity contribution is 0.294. The summed E-state index contributed by atoms with van der Waals surface area (Å²) in [6.45, 7) is 10.0. The highest BCUT2D eigenvalue weighted by molar-refractivity contribution is 7.89. The van der Waals surface area contributed by atoms with Crippen LogP contribution in [0.1, 0.15) is 47.5 Å². The van der Waals surface area contributed by atoms with Crippen LogP contribution in [0.4, 0.5) is 0 Å². The summed E-state index contributed by atoms with van der Waals surface area (Å²) in [7, 11) is -3.41. The van der Waals surface area contributed by atoms with Crippen molar-refractivity contribution in [3.8, 4) is 0 Å². The van der Waals surface area contributed by atoms with Crippen molar-refractivity contribution < 1.29 is 8.42 Å². The molecule has 0 aromatic carbocycles. The molecule has 1 atom stereocenters. The molecule has 4 heteroatoms. The van der Waals surface area contributed by atoms with Crippen LogP contribution in [-0.2, 0) is 10.0 Å². The van der Waals surface area contributed by atoms with Crippen LogP contribution in [0.5, 0.6) is 0 Å². The van der Waals surface area contributed by atoms with Crippen molar-refractivity contribution in [2.45, 2.75) is 52.7 Å². The Labute approximate surface area is 88.1 Å². The van der Waals surface area contributed by atoms with E-state index in [1.54, 1.807) is 0 Å². The van der Waals surface area contributed by atoms with Crippen molar-refractivity contribution in [1.29, 1.82) is 0 Å². The Bertz CT molecular complexity index is 268. The Morgan fingerprint density at radius 2 is 1.71 bits per heavy atom. The number of hydrogen-bond acceptors (Lipinski definition) is 2. The number of hydrogen-bond donors (Lipinski definition) is 1. The average Bonchev–Trinajstić information content (AvgIpc) is 1.98. The molecule has 0 aliphatic heterocycles. The fourth-order valence-electron chi connectivity index (χ4n) is 1.42. The molecule has 0 aromatic heterocycles. The number of primary sulfonamides is 1. The predicted octanol–water partition coefficient (Wildman–Crippen LogP) is 2.13. The molecule has 1 unspecified atom stereocenters. The molecular formula is C10H23NO2S. The Morgan fingerprint density at radius 1 is 1.29 bits per heavy atom. The third-order valence-electron chi connectivity index (χ3n) is 2.88. The Kier molecular flexibility index (Phi) is 4.59. The lowest BCUT2D eigenvalue weighted by Crippen LogP contribution is -2.36. The fraction of sp³-hybridized carbons (Fsp3) is 1.00. The summed E-state index contributed by atoms with van der Waals surface area (Å²) >= 11 is 0. The van der Waals surface area contributed by atoms with Crippen LogP contribution in [0.2, 0.25) is 0 Å². The summed E-state index contributed by atoms with van der Waals surface area (Å²) in [5, 5.41) is 4.80. The van der Waals surface area contributed by atoms with Gasteiger partial charge >= 0.3 is 0 Å². The first-order valence-electron chi connectivity index (χ1n) is 5.12. The van der Waals surface area contributed by atoms with Gasteiger partial charge in [-0.15, -0.1) is 0 Å². The topological polar surface area (TPSA) is 60.2 Å². The van der Waals surface area contributed by atoms with Gasteiger partial charge in [-0.2, -0.15) is 0 Å². The molecule has 0 radical (unpaired) electrons. The summed E-state index contributed by atoms with van der Waals surface area (Å²) in [4.78, 5) is 0. The molecule has 0 aromatic rings. The molecule has 0 aliphatic carbocycles. The maximum absolute atomic E-state index is 11.3. The minimum atomic E-state index is -3.41. The maximum Gasteiger partial charge on any atom is 0.212 e. The van der Waals surface area contributed by atoms with Crippen LogP contribution in [-0.4, -0.2) is 13.7 Å². The van der Waals surface area contributed by atoms with Crippen LogP contribution in [0.25, 0.3) is 0 Å². The lowest BCUT2D eigenvalue weighted by atomic mass is 9.83. The molecular weight excluding hydrogens is 198 g/mol. The molecule has 0 bridgehead atoms. The van der Waals surface area contributed by atoms with E-state index in [1.807, 2.05) is 13.8 Å². The molecule has 0 aliphatic rings. The van der Waals surface area contributed by atoms with Crippen LogP contribution in [0.15, 0.2) is 0 Å². The van der Waals surface area contributed by atoms with Gasteiger partial charge in [-0.05, 0) is 17.8 Å². The largest absolute Gasteiger partial charge is 0.228 e. The zero-order valence-corrected chi connectivity index (χ0v) is 10.7. The standard InChI is InChI=1S/C10H23NO2S/c1-6-10(4,5)7-9(8(2)3)14(11,12)13/h8-9H,6-7H2,1-5H3,(H2,11,12,13). The van der Waals surface area contributed by atoms with E-state index >= 15 is 0 Å². The molecule has 0 fully saturated rings. The SMILES string of the molecule is CCC(C)(C)CC(C(C)C)S(N)(=O)=O. The first-order valence-corrected chi connectivity index (χ1v) is 6.72. The molecule has 14 heavy (non-hydrogen) atoms. The van der Waals surface area contributed by atoms with E-state index in [0.29, 0.717) is 6.42 Å². The minimum absolute atomic E-state index is 0.0430. The van der Waals surface area contributed by atoms with Crippen molar-refractivity contribution >= 4 is 10.0 Å². The normalized spacial score (nSPS) is 15.9. The third-order valence-corrected chi connectivity index (χ3v) is 4.43. The van der Waals surface area contributed by atoms with Crippen LogP contribution in [0, 0.1) is 11.3 Å². The average molecular weight is 221 g/mol. The van der Waals surface area contributed by atoms with Crippen molar-refractivity contribution in [2.24, 2.45) is 16.5 Å². The van der Waals surface area contributed by atoms with Gasteiger partial charge < -0.3 is 0 Å². The monoisotopic (exact) mass is 221 g/mol. The van der Waals surface area contributed by atoms with Gasteiger partial charge in [0.25, 0.3) is 0 Å². The van der Waals surface area contributed by atoms with Gasteiger partial charge in [0.15, 0.2) is 0 Å². The second-order valence-corrected chi connectivity index (χ2v) is 6.88. The second-order valence-electron chi connectivity index (χ2n) is 5.09. The van der Waals surface area contributed by atoms with Gasteiger partial charge in [0.1, 0.15) is 0 Å². The van der Waals surface area contributed by atoms with Gasteiger partial charge in [0, 0.05) is 0 Å². The van der Waals surface area contributed by atoms with Crippen molar-refractivity contribution in [1.82, 2.24) is 0 Å². The molecule has 0 rings (SSSR count). The van der Waals surface area contributed by atoms with E-state index in [0.717, 1.165) is 6.42 Å². The molecule has 2 N–H and O–H groups in total. The molecule has 0 spiro atoms. The van der Waals surface area contributed by atoms with Gasteiger partial charge in [-0.3, -0.25) is 0 Å². The molecule has 3 nitrogen and oxygen atoms in total. The molecule has 0 amide bonds. The Balaban J connectivity index is 4.73. The highest BCUT2D eigenvalue weighted by Gasteiger charge is 2.31. The molecule has 86 valence electrons. The smallest absolute Gasteiger partial charge is 0.212 e. The summed E-state index contributed by atoms with van der Waals surface area (Å²) in [5.41, 5.74) is 0.0430.